The fraction of sp³-hybridized carbons (Fsp3) is 0.357. The number of rotatable bonds is 3. The van der Waals surface area contributed by atoms with Gasteiger partial charge >= 0.3 is 6.03 Å². The van der Waals surface area contributed by atoms with Gasteiger partial charge in [0, 0.05) is 12.1 Å². The Hall–Kier alpha value is -2.41. The Morgan fingerprint density at radius 2 is 2.00 bits per heavy atom. The summed E-state index contributed by atoms with van der Waals surface area (Å²) in [6.07, 6.45) is 0.606. The van der Waals surface area contributed by atoms with Crippen LogP contribution in [-0.2, 0) is 11.3 Å². The second-order valence-electron chi connectivity index (χ2n) is 5.39. The van der Waals surface area contributed by atoms with E-state index < -0.39 is 11.4 Å². The number of hydrogen-bond acceptors (Lipinski definition) is 4. The van der Waals surface area contributed by atoms with Gasteiger partial charge in [0.1, 0.15) is 5.54 Å². The van der Waals surface area contributed by atoms with Crippen molar-refractivity contribution < 1.29 is 14.4 Å². The summed E-state index contributed by atoms with van der Waals surface area (Å²) in [7, 11) is 0. The van der Waals surface area contributed by atoms with Crippen molar-refractivity contribution in [3.8, 4) is 0 Å². The van der Waals surface area contributed by atoms with E-state index >= 15 is 0 Å². The molecule has 0 aromatic heterocycles. The van der Waals surface area contributed by atoms with Gasteiger partial charge in [-0.1, -0.05) is 12.1 Å². The maximum Gasteiger partial charge on any atom is 0.325 e. The van der Waals surface area contributed by atoms with Crippen molar-refractivity contribution in [2.24, 2.45) is 5.73 Å². The minimum absolute atomic E-state index is 0.186. The molecule has 3 rings (SSSR count). The SMILES string of the molecule is NC(=O)c1ccc(CN2C(=O)NC3(CCNC3)C2=O)cc1. The molecule has 4 amide bonds. The van der Waals surface area contributed by atoms with Gasteiger partial charge in [-0.05, 0) is 30.7 Å². The Labute approximate surface area is 121 Å². The zero-order valence-electron chi connectivity index (χ0n) is 11.4. The highest BCUT2D eigenvalue weighted by molar-refractivity contribution is 6.07. The van der Waals surface area contributed by atoms with Crippen molar-refractivity contribution in [2.75, 3.05) is 13.1 Å². The van der Waals surface area contributed by atoms with E-state index in [0.29, 0.717) is 25.1 Å². The van der Waals surface area contributed by atoms with Crippen molar-refractivity contribution >= 4 is 17.8 Å². The molecule has 7 heteroatoms. The molecule has 2 aliphatic heterocycles. The predicted octanol–water partition coefficient (Wildman–Crippen LogP) is -0.431. The third-order valence-corrected chi connectivity index (χ3v) is 3.98. The smallest absolute Gasteiger partial charge is 0.325 e. The van der Waals surface area contributed by atoms with Crippen molar-refractivity contribution in [1.82, 2.24) is 15.5 Å². The van der Waals surface area contributed by atoms with E-state index in [0.717, 1.165) is 5.56 Å². The van der Waals surface area contributed by atoms with E-state index in [-0.39, 0.29) is 18.5 Å². The van der Waals surface area contributed by atoms with Crippen LogP contribution in [0.5, 0.6) is 0 Å². The summed E-state index contributed by atoms with van der Waals surface area (Å²) in [5.74, 6) is -0.705. The van der Waals surface area contributed by atoms with Crippen LogP contribution in [0.4, 0.5) is 4.79 Å². The van der Waals surface area contributed by atoms with Gasteiger partial charge in [-0.2, -0.15) is 0 Å². The third-order valence-electron chi connectivity index (χ3n) is 3.98. The highest BCUT2D eigenvalue weighted by Gasteiger charge is 2.52. The fourth-order valence-corrected chi connectivity index (χ4v) is 2.76. The van der Waals surface area contributed by atoms with Crippen molar-refractivity contribution in [2.45, 2.75) is 18.5 Å². The summed E-state index contributed by atoms with van der Waals surface area (Å²) in [6.45, 7) is 1.37. The molecule has 0 bridgehead atoms. The first kappa shape index (κ1) is 13.6. The van der Waals surface area contributed by atoms with Crippen molar-refractivity contribution in [3.63, 3.8) is 0 Å². The molecule has 0 aliphatic carbocycles. The molecule has 4 N–H and O–H groups in total. The lowest BCUT2D eigenvalue weighted by Crippen LogP contribution is -2.48. The largest absolute Gasteiger partial charge is 0.366 e. The lowest BCUT2D eigenvalue weighted by atomic mass is 9.99. The lowest BCUT2D eigenvalue weighted by Gasteiger charge is -2.19. The number of nitrogens with zero attached hydrogens (tertiary/aromatic N) is 1. The molecule has 0 saturated carbocycles. The quantitative estimate of drug-likeness (QED) is 0.656. The van der Waals surface area contributed by atoms with Gasteiger partial charge in [-0.3, -0.25) is 14.5 Å². The maximum atomic E-state index is 12.4. The Balaban J connectivity index is 1.77. The molecule has 7 nitrogen and oxygen atoms in total. The summed E-state index contributed by atoms with van der Waals surface area (Å²) in [4.78, 5) is 36.7. The number of benzene rings is 1. The summed E-state index contributed by atoms with van der Waals surface area (Å²) in [5.41, 5.74) is 5.55. The number of amides is 4. The molecule has 1 unspecified atom stereocenters. The topological polar surface area (TPSA) is 105 Å². The average molecular weight is 288 g/mol. The summed E-state index contributed by atoms with van der Waals surface area (Å²) in [6, 6.07) is 6.19. The highest BCUT2D eigenvalue weighted by Crippen LogP contribution is 2.25. The van der Waals surface area contributed by atoms with Gasteiger partial charge in [0.2, 0.25) is 5.91 Å². The van der Waals surface area contributed by atoms with E-state index in [9.17, 15) is 14.4 Å². The second kappa shape index (κ2) is 4.85. The van der Waals surface area contributed by atoms with Crippen LogP contribution in [0.2, 0.25) is 0 Å². The molecular weight excluding hydrogens is 272 g/mol. The molecule has 1 aromatic carbocycles. The first-order chi connectivity index (χ1) is 10.0. The Morgan fingerprint density at radius 1 is 1.29 bits per heavy atom. The Kier molecular flexibility index (Phi) is 3.13. The van der Waals surface area contributed by atoms with Gasteiger partial charge in [0.05, 0.1) is 6.54 Å². The van der Waals surface area contributed by atoms with Gasteiger partial charge in [-0.25, -0.2) is 4.79 Å². The minimum atomic E-state index is -0.787. The zero-order valence-corrected chi connectivity index (χ0v) is 11.4. The standard InChI is InChI=1S/C14H16N4O3/c15-11(19)10-3-1-9(2-4-10)7-18-12(20)14(17-13(18)21)5-6-16-8-14/h1-4,16H,5-8H2,(H2,15,19)(H,17,21). The van der Waals surface area contributed by atoms with Gasteiger partial charge < -0.3 is 16.4 Å². The number of carbonyl (C=O) groups is 3. The molecule has 2 heterocycles. The summed E-state index contributed by atoms with van der Waals surface area (Å²) >= 11 is 0. The van der Waals surface area contributed by atoms with E-state index in [1.54, 1.807) is 24.3 Å². The number of urea groups is 1. The molecule has 21 heavy (non-hydrogen) atoms. The highest BCUT2D eigenvalue weighted by atomic mass is 16.2. The molecular formula is C14H16N4O3. The molecule has 1 aromatic rings. The van der Waals surface area contributed by atoms with E-state index in [1.165, 1.54) is 4.90 Å². The average Bonchev–Trinajstić information content (AvgIpc) is 3.01. The van der Waals surface area contributed by atoms with Crippen LogP contribution in [0, 0.1) is 0 Å². The molecule has 1 atom stereocenters. The monoisotopic (exact) mass is 288 g/mol. The van der Waals surface area contributed by atoms with Crippen LogP contribution >= 0.6 is 0 Å². The minimum Gasteiger partial charge on any atom is -0.366 e. The summed E-state index contributed by atoms with van der Waals surface area (Å²) < 4.78 is 0. The first-order valence-corrected chi connectivity index (χ1v) is 6.75. The number of imide groups is 1. The lowest BCUT2D eigenvalue weighted by molar-refractivity contribution is -0.131. The molecule has 2 saturated heterocycles. The van der Waals surface area contributed by atoms with E-state index in [4.69, 9.17) is 5.73 Å². The van der Waals surface area contributed by atoms with Crippen LogP contribution < -0.4 is 16.4 Å². The van der Waals surface area contributed by atoms with Crippen LogP contribution in [0.3, 0.4) is 0 Å². The molecule has 1 spiro atoms. The number of carbonyl (C=O) groups excluding carboxylic acids is 3. The molecule has 110 valence electrons. The van der Waals surface area contributed by atoms with Crippen LogP contribution in [0.15, 0.2) is 24.3 Å². The Morgan fingerprint density at radius 3 is 2.57 bits per heavy atom. The normalized spacial score (nSPS) is 24.7. The van der Waals surface area contributed by atoms with Crippen LogP contribution in [0.1, 0.15) is 22.3 Å². The number of primary amides is 1. The van der Waals surface area contributed by atoms with E-state index in [1.807, 2.05) is 0 Å². The fourth-order valence-electron chi connectivity index (χ4n) is 2.76. The molecule has 2 aliphatic rings. The van der Waals surface area contributed by atoms with E-state index in [2.05, 4.69) is 10.6 Å². The third kappa shape index (κ3) is 2.25. The van der Waals surface area contributed by atoms with Crippen LogP contribution in [0.25, 0.3) is 0 Å². The first-order valence-electron chi connectivity index (χ1n) is 6.75. The van der Waals surface area contributed by atoms with Gasteiger partial charge in [-0.15, -0.1) is 0 Å². The zero-order chi connectivity index (χ0) is 15.0. The van der Waals surface area contributed by atoms with Gasteiger partial charge in [0.15, 0.2) is 0 Å². The predicted molar refractivity (Wildman–Crippen MR) is 74.3 cm³/mol. The van der Waals surface area contributed by atoms with Gasteiger partial charge in [0.25, 0.3) is 5.91 Å². The summed E-state index contributed by atoms with van der Waals surface area (Å²) in [5, 5.41) is 5.88. The van der Waals surface area contributed by atoms with Crippen LogP contribution in [-0.4, -0.2) is 41.4 Å². The molecule has 0 radical (unpaired) electrons. The molecule has 2 fully saturated rings. The van der Waals surface area contributed by atoms with Crippen molar-refractivity contribution in [1.29, 1.82) is 0 Å². The maximum absolute atomic E-state index is 12.4. The number of nitrogens with one attached hydrogen (secondary N) is 2. The number of nitrogens with two attached hydrogens (primary N) is 1. The number of hydrogen-bond donors (Lipinski definition) is 3. The second-order valence-corrected chi connectivity index (χ2v) is 5.39. The Bertz CT molecular complexity index is 605. The van der Waals surface area contributed by atoms with Crippen molar-refractivity contribution in [3.05, 3.63) is 35.4 Å².